The highest BCUT2D eigenvalue weighted by Gasteiger charge is 2.36. The topological polar surface area (TPSA) is 77.8 Å². The molecule has 2 aromatic rings. The van der Waals surface area contributed by atoms with Gasteiger partial charge in [0.15, 0.2) is 5.82 Å². The summed E-state index contributed by atoms with van der Waals surface area (Å²) in [5.41, 5.74) is 7.66. The smallest absolute Gasteiger partial charge is 0.259 e. The van der Waals surface area contributed by atoms with E-state index in [1.807, 2.05) is 19.1 Å². The Balaban J connectivity index is 1.97. The van der Waals surface area contributed by atoms with E-state index in [0.717, 1.165) is 36.9 Å². The Bertz CT molecular complexity index is 558. The standard InChI is InChI=1S/C13H16N4O/c1-9-10(5-4-8-15-9)11-16-12(17-18-11)13(14)6-2-3-7-13/h4-5,8H,2-3,6-7,14H2,1H3. The lowest BCUT2D eigenvalue weighted by Gasteiger charge is -2.17. The summed E-state index contributed by atoms with van der Waals surface area (Å²) >= 11 is 0. The van der Waals surface area contributed by atoms with Gasteiger partial charge in [-0.2, -0.15) is 4.98 Å². The Labute approximate surface area is 105 Å². The molecular weight excluding hydrogens is 228 g/mol. The summed E-state index contributed by atoms with van der Waals surface area (Å²) in [5.74, 6) is 1.13. The van der Waals surface area contributed by atoms with E-state index in [0.29, 0.717) is 11.7 Å². The Morgan fingerprint density at radius 3 is 2.83 bits per heavy atom. The van der Waals surface area contributed by atoms with Crippen molar-refractivity contribution < 1.29 is 4.52 Å². The van der Waals surface area contributed by atoms with Gasteiger partial charge in [0.2, 0.25) is 0 Å². The van der Waals surface area contributed by atoms with Gasteiger partial charge in [0.25, 0.3) is 5.89 Å². The molecule has 0 radical (unpaired) electrons. The van der Waals surface area contributed by atoms with Gasteiger partial charge in [-0.1, -0.05) is 18.0 Å². The van der Waals surface area contributed by atoms with Gasteiger partial charge >= 0.3 is 0 Å². The molecule has 0 aliphatic heterocycles. The third-order valence-corrected chi connectivity index (χ3v) is 3.60. The number of nitrogens with two attached hydrogens (primary N) is 1. The van der Waals surface area contributed by atoms with E-state index in [1.165, 1.54) is 0 Å². The maximum absolute atomic E-state index is 6.31. The lowest BCUT2D eigenvalue weighted by molar-refractivity contribution is 0.372. The van der Waals surface area contributed by atoms with Crippen LogP contribution in [0, 0.1) is 6.92 Å². The minimum absolute atomic E-state index is 0.405. The van der Waals surface area contributed by atoms with Crippen molar-refractivity contribution in [3.05, 3.63) is 29.8 Å². The zero-order valence-corrected chi connectivity index (χ0v) is 10.4. The third kappa shape index (κ3) is 1.80. The molecule has 3 rings (SSSR count). The first-order valence-corrected chi connectivity index (χ1v) is 6.24. The fourth-order valence-electron chi connectivity index (χ4n) is 2.47. The number of nitrogens with zero attached hydrogens (tertiary/aromatic N) is 3. The van der Waals surface area contributed by atoms with Crippen LogP contribution in [0.1, 0.15) is 37.2 Å². The molecule has 1 aliphatic carbocycles. The molecule has 2 heterocycles. The summed E-state index contributed by atoms with van der Waals surface area (Å²) < 4.78 is 5.33. The minimum atomic E-state index is -0.405. The second-order valence-corrected chi connectivity index (χ2v) is 4.92. The summed E-state index contributed by atoms with van der Waals surface area (Å²) in [6.45, 7) is 1.92. The van der Waals surface area contributed by atoms with E-state index in [9.17, 15) is 0 Å². The van der Waals surface area contributed by atoms with Crippen LogP contribution in [-0.4, -0.2) is 15.1 Å². The highest BCUT2D eigenvalue weighted by Crippen LogP contribution is 2.35. The predicted molar refractivity (Wildman–Crippen MR) is 66.6 cm³/mol. The first-order chi connectivity index (χ1) is 8.69. The number of aryl methyl sites for hydroxylation is 1. The van der Waals surface area contributed by atoms with E-state index in [2.05, 4.69) is 15.1 Å². The maximum atomic E-state index is 6.31. The van der Waals surface area contributed by atoms with Crippen molar-refractivity contribution in [2.75, 3.05) is 0 Å². The second kappa shape index (κ2) is 4.17. The Hall–Kier alpha value is -1.75. The molecule has 2 N–H and O–H groups in total. The van der Waals surface area contributed by atoms with Gasteiger partial charge in [-0.3, -0.25) is 4.98 Å². The first-order valence-electron chi connectivity index (χ1n) is 6.24. The lowest BCUT2D eigenvalue weighted by atomic mass is 9.99. The summed E-state index contributed by atoms with van der Waals surface area (Å²) in [6, 6.07) is 3.79. The highest BCUT2D eigenvalue weighted by atomic mass is 16.5. The van der Waals surface area contributed by atoms with E-state index in [1.54, 1.807) is 6.20 Å². The molecule has 18 heavy (non-hydrogen) atoms. The van der Waals surface area contributed by atoms with Crippen LogP contribution >= 0.6 is 0 Å². The van der Waals surface area contributed by atoms with Crippen molar-refractivity contribution in [2.45, 2.75) is 38.1 Å². The molecule has 0 bridgehead atoms. The van der Waals surface area contributed by atoms with Gasteiger partial charge < -0.3 is 10.3 Å². The number of rotatable bonds is 2. The molecule has 0 amide bonds. The molecule has 94 valence electrons. The van der Waals surface area contributed by atoms with Gasteiger partial charge in [-0.05, 0) is 31.9 Å². The lowest BCUT2D eigenvalue weighted by Crippen LogP contribution is -2.34. The number of pyridine rings is 1. The van der Waals surface area contributed by atoms with E-state index in [4.69, 9.17) is 10.3 Å². The molecule has 0 atom stereocenters. The average molecular weight is 244 g/mol. The second-order valence-electron chi connectivity index (χ2n) is 4.92. The van der Waals surface area contributed by atoms with Crippen LogP contribution in [-0.2, 0) is 5.54 Å². The average Bonchev–Trinajstić information content (AvgIpc) is 2.99. The minimum Gasteiger partial charge on any atom is -0.334 e. The predicted octanol–water partition coefficient (Wildman–Crippen LogP) is 2.17. The van der Waals surface area contributed by atoms with Crippen molar-refractivity contribution in [3.8, 4) is 11.5 Å². The summed E-state index contributed by atoms with van der Waals surface area (Å²) in [7, 11) is 0. The number of hydrogen-bond donors (Lipinski definition) is 1. The maximum Gasteiger partial charge on any atom is 0.259 e. The third-order valence-electron chi connectivity index (χ3n) is 3.60. The molecule has 0 saturated heterocycles. The van der Waals surface area contributed by atoms with Crippen LogP contribution in [0.4, 0.5) is 0 Å². The van der Waals surface area contributed by atoms with Gasteiger partial charge in [0.05, 0.1) is 11.1 Å². The molecule has 0 spiro atoms. The molecule has 1 aliphatic rings. The summed E-state index contributed by atoms with van der Waals surface area (Å²) in [4.78, 5) is 8.67. The van der Waals surface area contributed by atoms with Crippen molar-refractivity contribution in [1.29, 1.82) is 0 Å². The molecule has 5 nitrogen and oxygen atoms in total. The largest absolute Gasteiger partial charge is 0.334 e. The zero-order chi connectivity index (χ0) is 12.6. The zero-order valence-electron chi connectivity index (χ0n) is 10.4. The van der Waals surface area contributed by atoms with Gasteiger partial charge in [0.1, 0.15) is 0 Å². The quantitative estimate of drug-likeness (QED) is 0.875. The van der Waals surface area contributed by atoms with Crippen LogP contribution in [0.2, 0.25) is 0 Å². The van der Waals surface area contributed by atoms with E-state index in [-0.39, 0.29) is 0 Å². The van der Waals surface area contributed by atoms with Crippen LogP contribution in [0.15, 0.2) is 22.9 Å². The molecule has 1 fully saturated rings. The van der Waals surface area contributed by atoms with Crippen LogP contribution in [0.3, 0.4) is 0 Å². The Kier molecular flexibility index (Phi) is 2.63. The van der Waals surface area contributed by atoms with Crippen molar-refractivity contribution >= 4 is 0 Å². The molecule has 2 aromatic heterocycles. The van der Waals surface area contributed by atoms with Crippen molar-refractivity contribution in [3.63, 3.8) is 0 Å². The molecular formula is C13H16N4O. The summed E-state index contributed by atoms with van der Waals surface area (Å²) in [5, 5.41) is 4.05. The number of aromatic nitrogens is 3. The van der Waals surface area contributed by atoms with Crippen LogP contribution < -0.4 is 5.73 Å². The first kappa shape index (κ1) is 11.3. The van der Waals surface area contributed by atoms with Gasteiger partial charge in [-0.15, -0.1) is 0 Å². The molecule has 5 heteroatoms. The molecule has 1 saturated carbocycles. The monoisotopic (exact) mass is 244 g/mol. The molecule has 0 aromatic carbocycles. The Morgan fingerprint density at radius 2 is 2.11 bits per heavy atom. The number of hydrogen-bond acceptors (Lipinski definition) is 5. The van der Waals surface area contributed by atoms with Crippen molar-refractivity contribution in [2.24, 2.45) is 5.73 Å². The molecule has 0 unspecified atom stereocenters. The van der Waals surface area contributed by atoms with E-state index >= 15 is 0 Å². The normalized spacial score (nSPS) is 18.1. The van der Waals surface area contributed by atoms with Crippen LogP contribution in [0.5, 0.6) is 0 Å². The fraction of sp³-hybridized carbons (Fsp3) is 0.462. The van der Waals surface area contributed by atoms with Crippen molar-refractivity contribution in [1.82, 2.24) is 15.1 Å². The van der Waals surface area contributed by atoms with Gasteiger partial charge in [0, 0.05) is 11.9 Å². The Morgan fingerprint density at radius 1 is 1.33 bits per heavy atom. The highest BCUT2D eigenvalue weighted by molar-refractivity contribution is 5.55. The van der Waals surface area contributed by atoms with Crippen LogP contribution in [0.25, 0.3) is 11.5 Å². The SMILES string of the molecule is Cc1ncccc1-c1nc(C2(N)CCCC2)no1. The van der Waals surface area contributed by atoms with E-state index < -0.39 is 5.54 Å². The fourth-order valence-corrected chi connectivity index (χ4v) is 2.47. The summed E-state index contributed by atoms with van der Waals surface area (Å²) in [6.07, 6.45) is 5.87. The van der Waals surface area contributed by atoms with Gasteiger partial charge in [-0.25, -0.2) is 0 Å².